The Morgan fingerprint density at radius 1 is 1.32 bits per heavy atom. The van der Waals surface area contributed by atoms with Crippen molar-refractivity contribution in [2.45, 2.75) is 57.0 Å². The summed E-state index contributed by atoms with van der Waals surface area (Å²) in [6.45, 7) is 7.16. The predicted molar refractivity (Wildman–Crippen MR) is 87.5 cm³/mol. The fraction of sp³-hybridized carbons (Fsp3) is 0.562. The van der Waals surface area contributed by atoms with E-state index >= 15 is 0 Å². The monoisotopic (exact) mass is 318 g/mol. The summed E-state index contributed by atoms with van der Waals surface area (Å²) in [4.78, 5) is 4.55. The molecule has 0 radical (unpaired) electrons. The molecule has 0 N–H and O–H groups in total. The number of aryl methyl sites for hydroxylation is 1. The van der Waals surface area contributed by atoms with Crippen LogP contribution < -0.4 is 4.74 Å². The number of aromatic nitrogens is 4. The summed E-state index contributed by atoms with van der Waals surface area (Å²) in [5, 5.41) is 9.74. The van der Waals surface area contributed by atoms with Crippen LogP contribution in [0.4, 0.5) is 0 Å². The van der Waals surface area contributed by atoms with Gasteiger partial charge in [-0.3, -0.25) is 4.98 Å². The molecule has 2 aromatic heterocycles. The van der Waals surface area contributed by atoms with E-state index in [9.17, 15) is 0 Å². The SMILES string of the molecule is CCn1c(SCc2ncc(C)c(OC)c2C)nnc1C1CC1. The van der Waals surface area contributed by atoms with Gasteiger partial charge in [-0.1, -0.05) is 11.8 Å². The molecular formula is C16H22N4OS. The smallest absolute Gasteiger partial charge is 0.191 e. The molecule has 1 saturated carbocycles. The number of pyridine rings is 1. The zero-order valence-electron chi connectivity index (χ0n) is 13.6. The lowest BCUT2D eigenvalue weighted by atomic mass is 10.1. The first kappa shape index (κ1) is 15.3. The highest BCUT2D eigenvalue weighted by molar-refractivity contribution is 7.98. The highest BCUT2D eigenvalue weighted by atomic mass is 32.2. The zero-order chi connectivity index (χ0) is 15.7. The standard InChI is InChI=1S/C16H22N4OS/c1-5-20-15(12-6-7-12)18-19-16(20)22-9-13-11(3)14(21-4)10(2)8-17-13/h8,12H,5-7,9H2,1-4H3. The third-order valence-electron chi connectivity index (χ3n) is 4.09. The van der Waals surface area contributed by atoms with Crippen molar-refractivity contribution in [2.24, 2.45) is 0 Å². The van der Waals surface area contributed by atoms with Crippen molar-refractivity contribution in [1.29, 1.82) is 0 Å². The quantitative estimate of drug-likeness (QED) is 0.763. The first-order chi connectivity index (χ1) is 10.7. The van der Waals surface area contributed by atoms with E-state index in [-0.39, 0.29) is 0 Å². The van der Waals surface area contributed by atoms with Gasteiger partial charge in [0.25, 0.3) is 0 Å². The molecule has 22 heavy (non-hydrogen) atoms. The summed E-state index contributed by atoms with van der Waals surface area (Å²) >= 11 is 1.70. The molecule has 0 aliphatic heterocycles. The molecule has 5 nitrogen and oxygen atoms in total. The summed E-state index contributed by atoms with van der Waals surface area (Å²) in [6, 6.07) is 0. The second-order valence-electron chi connectivity index (χ2n) is 5.69. The molecule has 0 spiro atoms. The molecule has 6 heteroatoms. The molecule has 1 fully saturated rings. The Morgan fingerprint density at radius 3 is 2.73 bits per heavy atom. The van der Waals surface area contributed by atoms with Gasteiger partial charge in [0.2, 0.25) is 0 Å². The molecule has 2 heterocycles. The van der Waals surface area contributed by atoms with Crippen molar-refractivity contribution in [3.63, 3.8) is 0 Å². The van der Waals surface area contributed by atoms with Crippen LogP contribution in [0.1, 0.15) is 48.3 Å². The van der Waals surface area contributed by atoms with Gasteiger partial charge < -0.3 is 9.30 Å². The Balaban J connectivity index is 1.78. The summed E-state index contributed by atoms with van der Waals surface area (Å²) < 4.78 is 7.71. The van der Waals surface area contributed by atoms with Crippen LogP contribution in [0.25, 0.3) is 0 Å². The topological polar surface area (TPSA) is 52.8 Å². The molecule has 0 aromatic carbocycles. The third kappa shape index (κ3) is 2.84. The van der Waals surface area contributed by atoms with Gasteiger partial charge in [0.15, 0.2) is 5.16 Å². The summed E-state index contributed by atoms with van der Waals surface area (Å²) in [6.07, 6.45) is 4.37. The Labute approximate surface area is 135 Å². The molecule has 0 atom stereocenters. The van der Waals surface area contributed by atoms with E-state index in [0.29, 0.717) is 5.92 Å². The van der Waals surface area contributed by atoms with Gasteiger partial charge in [-0.2, -0.15) is 0 Å². The van der Waals surface area contributed by atoms with Crippen molar-refractivity contribution in [3.05, 3.63) is 28.8 Å². The molecule has 118 valence electrons. The van der Waals surface area contributed by atoms with Gasteiger partial charge in [-0.15, -0.1) is 10.2 Å². The van der Waals surface area contributed by atoms with Crippen LogP contribution in [0.2, 0.25) is 0 Å². The van der Waals surface area contributed by atoms with Gasteiger partial charge in [-0.05, 0) is 33.6 Å². The second kappa shape index (κ2) is 6.28. The molecule has 1 aliphatic rings. The molecule has 0 unspecified atom stereocenters. The van der Waals surface area contributed by atoms with Gasteiger partial charge in [-0.25, -0.2) is 0 Å². The highest BCUT2D eigenvalue weighted by Gasteiger charge is 2.30. The number of hydrogen-bond donors (Lipinski definition) is 0. The van der Waals surface area contributed by atoms with E-state index in [1.807, 2.05) is 13.1 Å². The average Bonchev–Trinajstić information content (AvgIpc) is 3.27. The fourth-order valence-electron chi connectivity index (χ4n) is 2.70. The number of ether oxygens (including phenoxy) is 1. The number of nitrogens with zero attached hydrogens (tertiary/aromatic N) is 4. The fourth-order valence-corrected chi connectivity index (χ4v) is 3.73. The van der Waals surface area contributed by atoms with E-state index in [1.165, 1.54) is 12.8 Å². The summed E-state index contributed by atoms with van der Waals surface area (Å²) in [5.74, 6) is 3.49. The van der Waals surface area contributed by atoms with Gasteiger partial charge >= 0.3 is 0 Å². The molecule has 3 rings (SSSR count). The van der Waals surface area contributed by atoms with Crippen molar-refractivity contribution in [3.8, 4) is 5.75 Å². The first-order valence-corrected chi connectivity index (χ1v) is 8.69. The minimum absolute atomic E-state index is 0.626. The lowest BCUT2D eigenvalue weighted by molar-refractivity contribution is 0.407. The number of methoxy groups -OCH3 is 1. The maximum atomic E-state index is 5.47. The number of rotatable bonds is 6. The lowest BCUT2D eigenvalue weighted by Crippen LogP contribution is -2.03. The Kier molecular flexibility index (Phi) is 4.38. The number of thioether (sulfide) groups is 1. The maximum absolute atomic E-state index is 5.47. The summed E-state index contributed by atoms with van der Waals surface area (Å²) in [7, 11) is 1.71. The number of hydrogen-bond acceptors (Lipinski definition) is 5. The minimum atomic E-state index is 0.626. The van der Waals surface area contributed by atoms with Crippen LogP contribution in [0, 0.1) is 13.8 Å². The minimum Gasteiger partial charge on any atom is -0.496 e. The predicted octanol–water partition coefficient (Wildman–Crippen LogP) is 3.49. The van der Waals surface area contributed by atoms with Crippen molar-refractivity contribution in [1.82, 2.24) is 19.7 Å². The van der Waals surface area contributed by atoms with Gasteiger partial charge in [0.1, 0.15) is 11.6 Å². The Hall–Kier alpha value is -1.56. The summed E-state index contributed by atoms with van der Waals surface area (Å²) in [5.41, 5.74) is 3.23. The molecular weight excluding hydrogens is 296 g/mol. The lowest BCUT2D eigenvalue weighted by Gasteiger charge is -2.12. The van der Waals surface area contributed by atoms with Crippen molar-refractivity contribution in [2.75, 3.05) is 7.11 Å². The van der Waals surface area contributed by atoms with E-state index < -0.39 is 0 Å². The Morgan fingerprint density at radius 2 is 2.09 bits per heavy atom. The molecule has 0 bridgehead atoms. The molecule has 0 saturated heterocycles. The van der Waals surface area contributed by atoms with Crippen LogP contribution in [0.5, 0.6) is 5.75 Å². The normalized spacial score (nSPS) is 14.4. The van der Waals surface area contributed by atoms with Gasteiger partial charge in [0.05, 0.1) is 12.8 Å². The molecule has 1 aliphatic carbocycles. The molecule has 2 aromatic rings. The van der Waals surface area contributed by atoms with Gasteiger partial charge in [0, 0.05) is 35.5 Å². The second-order valence-corrected chi connectivity index (χ2v) is 6.64. The van der Waals surface area contributed by atoms with Crippen LogP contribution in [0.3, 0.4) is 0 Å². The van der Waals surface area contributed by atoms with Crippen LogP contribution >= 0.6 is 11.8 Å². The third-order valence-corrected chi connectivity index (χ3v) is 5.07. The molecule has 0 amide bonds. The van der Waals surface area contributed by atoms with Crippen molar-refractivity contribution < 1.29 is 4.74 Å². The average molecular weight is 318 g/mol. The Bertz CT molecular complexity index is 679. The first-order valence-electron chi connectivity index (χ1n) is 7.70. The van der Waals surface area contributed by atoms with E-state index in [2.05, 4.69) is 33.6 Å². The van der Waals surface area contributed by atoms with E-state index in [0.717, 1.165) is 45.8 Å². The highest BCUT2D eigenvalue weighted by Crippen LogP contribution is 2.40. The largest absolute Gasteiger partial charge is 0.496 e. The van der Waals surface area contributed by atoms with Crippen LogP contribution in [0.15, 0.2) is 11.4 Å². The van der Waals surface area contributed by atoms with Crippen molar-refractivity contribution >= 4 is 11.8 Å². The van der Waals surface area contributed by atoms with Crippen LogP contribution in [-0.4, -0.2) is 26.9 Å². The van der Waals surface area contributed by atoms with Crippen LogP contribution in [-0.2, 0) is 12.3 Å². The van der Waals surface area contributed by atoms with E-state index in [1.54, 1.807) is 18.9 Å². The zero-order valence-corrected chi connectivity index (χ0v) is 14.4. The maximum Gasteiger partial charge on any atom is 0.191 e. The van der Waals surface area contributed by atoms with E-state index in [4.69, 9.17) is 4.74 Å².